The molecule has 0 aliphatic rings. The number of aromatic nitrogens is 1. The van der Waals surface area contributed by atoms with E-state index >= 15 is 0 Å². The van der Waals surface area contributed by atoms with Crippen molar-refractivity contribution in [3.05, 3.63) is 40.7 Å². The zero-order chi connectivity index (χ0) is 17.1. The van der Waals surface area contributed by atoms with Crippen LogP contribution in [0, 0.1) is 0 Å². The molecule has 2 heterocycles. The Bertz CT molecular complexity index is 819. The molecule has 0 aliphatic heterocycles. The van der Waals surface area contributed by atoms with Crippen LogP contribution in [0.4, 0.5) is 0 Å². The number of hydrogen-bond acceptors (Lipinski definition) is 7. The maximum absolute atomic E-state index is 12.1. The number of hydrogen-bond donors (Lipinski definition) is 0. The number of nitrogens with zero attached hydrogens (tertiary/aromatic N) is 1. The second-order valence-corrected chi connectivity index (χ2v) is 4.41. The average molecular weight is 319 g/mol. The van der Waals surface area contributed by atoms with Crippen molar-refractivity contribution in [2.24, 2.45) is 0 Å². The van der Waals surface area contributed by atoms with E-state index in [-0.39, 0.29) is 27.9 Å². The minimum absolute atomic E-state index is 0.141. The number of fused-ring (bicyclic) bond motifs is 1. The molecule has 0 radical (unpaired) electrons. The van der Waals surface area contributed by atoms with Crippen LogP contribution in [0.1, 0.15) is 41.6 Å². The summed E-state index contributed by atoms with van der Waals surface area (Å²) in [5, 5.41) is 0. The number of esters is 3. The number of aldehydes is 1. The number of rotatable bonds is 4. The largest absolute Gasteiger partial charge is 0.465 e. The van der Waals surface area contributed by atoms with Crippen LogP contribution in [-0.4, -0.2) is 49.9 Å². The lowest BCUT2D eigenvalue weighted by Crippen LogP contribution is -2.15. The third kappa shape index (κ3) is 2.54. The van der Waals surface area contributed by atoms with Gasteiger partial charge in [0, 0.05) is 11.8 Å². The fourth-order valence-corrected chi connectivity index (χ4v) is 2.25. The molecule has 2 aromatic heterocycles. The first-order chi connectivity index (χ1) is 11.0. The van der Waals surface area contributed by atoms with E-state index in [1.807, 2.05) is 0 Å². The third-order valence-corrected chi connectivity index (χ3v) is 3.25. The second kappa shape index (κ2) is 6.30. The Labute approximate surface area is 130 Å². The van der Waals surface area contributed by atoms with E-state index in [0.29, 0.717) is 6.29 Å². The first kappa shape index (κ1) is 16.2. The quantitative estimate of drug-likeness (QED) is 0.473. The van der Waals surface area contributed by atoms with Gasteiger partial charge in [-0.15, -0.1) is 0 Å². The smallest absolute Gasteiger partial charge is 0.355 e. The molecule has 8 heteroatoms. The molecule has 0 amide bonds. The van der Waals surface area contributed by atoms with Crippen LogP contribution in [0.25, 0.3) is 5.52 Å². The Kier molecular flexibility index (Phi) is 4.44. The second-order valence-electron chi connectivity index (χ2n) is 4.41. The number of methoxy groups -OCH3 is 3. The molecular weight excluding hydrogens is 306 g/mol. The van der Waals surface area contributed by atoms with E-state index in [2.05, 4.69) is 14.2 Å². The first-order valence-corrected chi connectivity index (χ1v) is 6.38. The van der Waals surface area contributed by atoms with Crippen LogP contribution in [-0.2, 0) is 14.2 Å². The standard InChI is InChI=1S/C15H13NO7/c1-21-13(18)10-9-5-4-8(7-17)6-16(9)12(15(20)23-3)11(10)14(19)22-2/h4-7H,1-3H3. The molecule has 0 saturated heterocycles. The summed E-state index contributed by atoms with van der Waals surface area (Å²) in [5.41, 5.74) is -0.196. The van der Waals surface area contributed by atoms with Gasteiger partial charge in [0.25, 0.3) is 0 Å². The van der Waals surface area contributed by atoms with Gasteiger partial charge >= 0.3 is 17.9 Å². The molecule has 0 spiro atoms. The zero-order valence-electron chi connectivity index (χ0n) is 12.6. The predicted molar refractivity (Wildman–Crippen MR) is 76.8 cm³/mol. The summed E-state index contributed by atoms with van der Waals surface area (Å²) in [5.74, 6) is -2.59. The van der Waals surface area contributed by atoms with E-state index in [1.54, 1.807) is 0 Å². The van der Waals surface area contributed by atoms with Crippen molar-refractivity contribution in [3.63, 3.8) is 0 Å². The third-order valence-electron chi connectivity index (χ3n) is 3.25. The SMILES string of the molecule is COC(=O)c1c(C(=O)OC)c2ccc(C=O)cn2c1C(=O)OC. The van der Waals surface area contributed by atoms with Gasteiger partial charge in [-0.1, -0.05) is 0 Å². The van der Waals surface area contributed by atoms with E-state index in [4.69, 9.17) is 0 Å². The van der Waals surface area contributed by atoms with Crippen LogP contribution in [0.15, 0.2) is 18.3 Å². The predicted octanol–water partition coefficient (Wildman–Crippen LogP) is 1.11. The fourth-order valence-electron chi connectivity index (χ4n) is 2.25. The van der Waals surface area contributed by atoms with E-state index in [0.717, 1.165) is 21.3 Å². The van der Waals surface area contributed by atoms with Crippen molar-refractivity contribution in [2.75, 3.05) is 21.3 Å². The number of pyridine rings is 1. The molecule has 0 atom stereocenters. The monoisotopic (exact) mass is 319 g/mol. The van der Waals surface area contributed by atoms with Gasteiger partial charge in [-0.25, -0.2) is 14.4 Å². The summed E-state index contributed by atoms with van der Waals surface area (Å²) < 4.78 is 15.2. The Hall–Kier alpha value is -3.16. The number of carbonyl (C=O) groups is 4. The van der Waals surface area contributed by atoms with Crippen molar-refractivity contribution in [2.45, 2.75) is 0 Å². The van der Waals surface area contributed by atoms with Gasteiger partial charge in [-0.2, -0.15) is 0 Å². The lowest BCUT2D eigenvalue weighted by molar-refractivity contribution is 0.0536. The molecule has 0 aromatic carbocycles. The van der Waals surface area contributed by atoms with Gasteiger partial charge in [0.05, 0.1) is 26.8 Å². The van der Waals surface area contributed by atoms with Gasteiger partial charge in [0.15, 0.2) is 6.29 Å². The van der Waals surface area contributed by atoms with Gasteiger partial charge in [-0.3, -0.25) is 4.79 Å². The minimum Gasteiger partial charge on any atom is -0.465 e. The number of carbonyl (C=O) groups excluding carboxylic acids is 4. The average Bonchev–Trinajstić information content (AvgIpc) is 2.93. The van der Waals surface area contributed by atoms with E-state index in [9.17, 15) is 19.2 Å². The van der Waals surface area contributed by atoms with Crippen LogP contribution in [0.5, 0.6) is 0 Å². The van der Waals surface area contributed by atoms with Crippen molar-refractivity contribution < 1.29 is 33.4 Å². The molecule has 0 fully saturated rings. The molecule has 120 valence electrons. The van der Waals surface area contributed by atoms with Gasteiger partial charge in [0.1, 0.15) is 16.8 Å². The maximum Gasteiger partial charge on any atom is 0.355 e. The Balaban J connectivity index is 3.00. The molecule has 2 rings (SSSR count). The zero-order valence-corrected chi connectivity index (χ0v) is 12.6. The molecule has 0 aliphatic carbocycles. The number of ether oxygens (including phenoxy) is 3. The van der Waals surface area contributed by atoms with Crippen molar-refractivity contribution in [1.82, 2.24) is 4.40 Å². The molecule has 23 heavy (non-hydrogen) atoms. The normalized spacial score (nSPS) is 10.2. The van der Waals surface area contributed by atoms with E-state index < -0.39 is 17.9 Å². The lowest BCUT2D eigenvalue weighted by Gasteiger charge is -2.04. The van der Waals surface area contributed by atoms with Crippen molar-refractivity contribution in [1.29, 1.82) is 0 Å². The summed E-state index contributed by atoms with van der Waals surface area (Å²) in [6, 6.07) is 2.87. The summed E-state index contributed by atoms with van der Waals surface area (Å²) in [4.78, 5) is 47.2. The Morgan fingerprint density at radius 1 is 0.913 bits per heavy atom. The highest BCUT2D eigenvalue weighted by molar-refractivity contribution is 6.14. The van der Waals surface area contributed by atoms with Gasteiger partial charge in [0.2, 0.25) is 0 Å². The van der Waals surface area contributed by atoms with Crippen LogP contribution >= 0.6 is 0 Å². The summed E-state index contributed by atoms with van der Waals surface area (Å²) in [6.07, 6.45) is 1.88. The molecule has 2 aromatic rings. The molecule has 0 unspecified atom stereocenters. The molecule has 0 bridgehead atoms. The molecule has 8 nitrogen and oxygen atoms in total. The van der Waals surface area contributed by atoms with Crippen LogP contribution in [0.3, 0.4) is 0 Å². The van der Waals surface area contributed by atoms with Crippen molar-refractivity contribution >= 4 is 29.7 Å². The van der Waals surface area contributed by atoms with Crippen LogP contribution in [0.2, 0.25) is 0 Å². The van der Waals surface area contributed by atoms with E-state index in [1.165, 1.54) is 22.7 Å². The van der Waals surface area contributed by atoms with Crippen LogP contribution < -0.4 is 0 Å². The summed E-state index contributed by atoms with van der Waals surface area (Å²) in [6.45, 7) is 0. The highest BCUT2D eigenvalue weighted by Gasteiger charge is 2.33. The Morgan fingerprint density at radius 2 is 1.48 bits per heavy atom. The highest BCUT2D eigenvalue weighted by Crippen LogP contribution is 2.27. The minimum atomic E-state index is -0.901. The highest BCUT2D eigenvalue weighted by atomic mass is 16.5. The lowest BCUT2D eigenvalue weighted by atomic mass is 10.1. The fraction of sp³-hybridized carbons (Fsp3) is 0.200. The van der Waals surface area contributed by atoms with Gasteiger partial charge < -0.3 is 18.6 Å². The maximum atomic E-state index is 12.1. The summed E-state index contributed by atoms with van der Waals surface area (Å²) >= 11 is 0. The summed E-state index contributed by atoms with van der Waals surface area (Å²) in [7, 11) is 3.39. The molecule has 0 N–H and O–H groups in total. The first-order valence-electron chi connectivity index (χ1n) is 6.38. The van der Waals surface area contributed by atoms with Crippen molar-refractivity contribution in [3.8, 4) is 0 Å². The molecule has 0 saturated carbocycles. The topological polar surface area (TPSA) is 100 Å². The Morgan fingerprint density at radius 3 is 2.00 bits per heavy atom. The van der Waals surface area contributed by atoms with Gasteiger partial charge in [-0.05, 0) is 12.1 Å². The molecular formula is C15H13NO7.